The van der Waals surface area contributed by atoms with Crippen LogP contribution in [0, 0.1) is 5.41 Å². The number of rotatable bonds is 1. The topological polar surface area (TPSA) is 33.1 Å². The third-order valence-electron chi connectivity index (χ3n) is 3.29. The Hall–Kier alpha value is 0.0700. The molecule has 78 valence electrons. The molecule has 4 heteroatoms. The second kappa shape index (κ2) is 3.29. The minimum atomic E-state index is -0.719. The molecule has 1 aromatic heterocycles. The predicted octanol–water partition coefficient (Wildman–Crippen LogP) is 3.30. The van der Waals surface area contributed by atoms with Crippen molar-refractivity contribution in [3.8, 4) is 0 Å². The van der Waals surface area contributed by atoms with Gasteiger partial charge in [-0.1, -0.05) is 13.8 Å². The smallest absolute Gasteiger partial charge is 0.126 e. The van der Waals surface area contributed by atoms with E-state index in [9.17, 15) is 5.11 Å². The Morgan fingerprint density at radius 2 is 2.21 bits per heavy atom. The number of halogens is 1. The third-order valence-corrected chi connectivity index (χ3v) is 4.99. The molecule has 1 saturated carbocycles. The maximum atomic E-state index is 10.6. The summed E-state index contributed by atoms with van der Waals surface area (Å²) in [5.41, 5.74) is -0.770. The molecule has 0 aliphatic heterocycles. The molecule has 1 aromatic rings. The summed E-state index contributed by atoms with van der Waals surface area (Å²) in [6, 6.07) is 0. The average molecular weight is 276 g/mol. The van der Waals surface area contributed by atoms with E-state index in [1.807, 2.05) is 5.38 Å². The van der Waals surface area contributed by atoms with E-state index in [1.165, 1.54) is 11.3 Å². The molecule has 0 aromatic carbocycles. The minimum absolute atomic E-state index is 0.0513. The van der Waals surface area contributed by atoms with Crippen LogP contribution in [0.4, 0.5) is 0 Å². The number of nitrogens with zero attached hydrogens (tertiary/aromatic N) is 1. The largest absolute Gasteiger partial charge is 0.382 e. The van der Waals surface area contributed by atoms with Gasteiger partial charge in [0.25, 0.3) is 0 Å². The summed E-state index contributed by atoms with van der Waals surface area (Å²) in [4.78, 5) is 4.35. The first-order valence-corrected chi connectivity index (χ1v) is 6.47. The Balaban J connectivity index is 2.41. The summed E-state index contributed by atoms with van der Waals surface area (Å²) < 4.78 is 0.827. The van der Waals surface area contributed by atoms with Crippen LogP contribution >= 0.6 is 27.3 Å². The van der Waals surface area contributed by atoms with Crippen molar-refractivity contribution >= 4 is 27.3 Å². The average Bonchev–Trinajstić information content (AvgIpc) is 2.60. The predicted molar refractivity (Wildman–Crippen MR) is 61.3 cm³/mol. The highest BCUT2D eigenvalue weighted by Crippen LogP contribution is 2.52. The van der Waals surface area contributed by atoms with Crippen LogP contribution in [0.25, 0.3) is 0 Å². The van der Waals surface area contributed by atoms with E-state index in [4.69, 9.17) is 0 Å². The van der Waals surface area contributed by atoms with Crippen molar-refractivity contribution in [1.29, 1.82) is 0 Å². The van der Waals surface area contributed by atoms with E-state index in [2.05, 4.69) is 34.8 Å². The van der Waals surface area contributed by atoms with Gasteiger partial charge in [-0.2, -0.15) is 0 Å². The molecular weight excluding hydrogens is 262 g/mol. The maximum Gasteiger partial charge on any atom is 0.126 e. The van der Waals surface area contributed by atoms with Crippen molar-refractivity contribution in [1.82, 2.24) is 4.98 Å². The first-order chi connectivity index (χ1) is 6.46. The van der Waals surface area contributed by atoms with Gasteiger partial charge in [0.2, 0.25) is 0 Å². The molecule has 0 saturated heterocycles. The van der Waals surface area contributed by atoms with Crippen LogP contribution in [0.5, 0.6) is 0 Å². The first kappa shape index (κ1) is 10.6. The van der Waals surface area contributed by atoms with E-state index in [-0.39, 0.29) is 5.41 Å². The molecule has 1 unspecified atom stereocenters. The van der Waals surface area contributed by atoms with Gasteiger partial charge in [0.1, 0.15) is 15.2 Å². The Labute approximate surface area is 96.5 Å². The standard InChI is InChI=1S/C10H14BrNOS/c1-9(2)4-3-5-10(9,13)8-12-7(11)6-14-8/h6,13H,3-5H2,1-2H3. The highest BCUT2D eigenvalue weighted by atomic mass is 79.9. The molecule has 0 spiro atoms. The highest BCUT2D eigenvalue weighted by molar-refractivity contribution is 9.10. The SMILES string of the molecule is CC1(C)CCCC1(O)c1nc(Br)cs1. The summed E-state index contributed by atoms with van der Waals surface area (Å²) in [6.45, 7) is 4.24. The summed E-state index contributed by atoms with van der Waals surface area (Å²) in [6.07, 6.45) is 2.99. The Morgan fingerprint density at radius 3 is 2.64 bits per heavy atom. The minimum Gasteiger partial charge on any atom is -0.382 e. The van der Waals surface area contributed by atoms with Crippen LogP contribution in [-0.4, -0.2) is 10.1 Å². The molecular formula is C10H14BrNOS. The third kappa shape index (κ3) is 1.44. The van der Waals surface area contributed by atoms with Crippen molar-refractivity contribution in [2.75, 3.05) is 0 Å². The number of aromatic nitrogens is 1. The van der Waals surface area contributed by atoms with Gasteiger partial charge < -0.3 is 5.11 Å². The molecule has 2 rings (SSSR count). The Kier molecular flexibility index (Phi) is 2.48. The van der Waals surface area contributed by atoms with Crippen molar-refractivity contribution < 1.29 is 5.11 Å². The summed E-state index contributed by atoms with van der Waals surface area (Å²) >= 11 is 4.87. The normalized spacial score (nSPS) is 30.9. The van der Waals surface area contributed by atoms with Gasteiger partial charge in [-0.15, -0.1) is 11.3 Å². The van der Waals surface area contributed by atoms with E-state index < -0.39 is 5.60 Å². The summed E-state index contributed by atoms with van der Waals surface area (Å²) in [5.74, 6) is 0. The van der Waals surface area contributed by atoms with Crippen LogP contribution in [0.3, 0.4) is 0 Å². The van der Waals surface area contributed by atoms with Crippen molar-refractivity contribution in [2.45, 2.75) is 38.7 Å². The van der Waals surface area contributed by atoms with Gasteiger partial charge in [0, 0.05) is 10.8 Å². The summed E-state index contributed by atoms with van der Waals surface area (Å²) in [5, 5.41) is 13.4. The van der Waals surface area contributed by atoms with Crippen molar-refractivity contribution in [3.63, 3.8) is 0 Å². The quantitative estimate of drug-likeness (QED) is 0.853. The molecule has 1 heterocycles. The Morgan fingerprint density at radius 1 is 1.50 bits per heavy atom. The zero-order chi connectivity index (χ0) is 10.4. The lowest BCUT2D eigenvalue weighted by Crippen LogP contribution is -2.36. The van der Waals surface area contributed by atoms with Gasteiger partial charge in [-0.25, -0.2) is 4.98 Å². The molecule has 1 aliphatic carbocycles. The van der Waals surface area contributed by atoms with Gasteiger partial charge in [0.15, 0.2) is 0 Å². The molecule has 0 radical (unpaired) electrons. The fourth-order valence-corrected chi connectivity index (χ4v) is 3.73. The van der Waals surface area contributed by atoms with Crippen molar-refractivity contribution in [3.05, 3.63) is 15.0 Å². The van der Waals surface area contributed by atoms with Crippen LogP contribution < -0.4 is 0 Å². The van der Waals surface area contributed by atoms with E-state index in [1.54, 1.807) is 0 Å². The number of aliphatic hydroxyl groups is 1. The number of hydrogen-bond acceptors (Lipinski definition) is 3. The molecule has 1 fully saturated rings. The number of hydrogen-bond donors (Lipinski definition) is 1. The Bertz CT molecular complexity index is 350. The lowest BCUT2D eigenvalue weighted by molar-refractivity contribution is -0.0487. The second-order valence-electron chi connectivity index (χ2n) is 4.57. The second-order valence-corrected chi connectivity index (χ2v) is 6.24. The van der Waals surface area contributed by atoms with Crippen LogP contribution in [0.1, 0.15) is 38.1 Å². The molecule has 1 atom stereocenters. The monoisotopic (exact) mass is 275 g/mol. The van der Waals surface area contributed by atoms with Gasteiger partial charge in [-0.3, -0.25) is 0 Å². The first-order valence-electron chi connectivity index (χ1n) is 4.80. The lowest BCUT2D eigenvalue weighted by atomic mass is 9.78. The maximum absolute atomic E-state index is 10.6. The molecule has 14 heavy (non-hydrogen) atoms. The van der Waals surface area contributed by atoms with Gasteiger partial charge in [0.05, 0.1) is 0 Å². The van der Waals surface area contributed by atoms with E-state index in [0.29, 0.717) is 0 Å². The molecule has 1 N–H and O–H groups in total. The molecule has 0 bridgehead atoms. The summed E-state index contributed by atoms with van der Waals surface area (Å²) in [7, 11) is 0. The van der Waals surface area contributed by atoms with Crippen LogP contribution in [0.15, 0.2) is 9.98 Å². The van der Waals surface area contributed by atoms with Crippen LogP contribution in [0.2, 0.25) is 0 Å². The molecule has 2 nitrogen and oxygen atoms in total. The zero-order valence-corrected chi connectivity index (χ0v) is 10.8. The number of thiazole rings is 1. The van der Waals surface area contributed by atoms with E-state index in [0.717, 1.165) is 28.9 Å². The van der Waals surface area contributed by atoms with Gasteiger partial charge in [-0.05, 0) is 35.2 Å². The fourth-order valence-electron chi connectivity index (χ4n) is 2.17. The fraction of sp³-hybridized carbons (Fsp3) is 0.700. The highest BCUT2D eigenvalue weighted by Gasteiger charge is 2.50. The van der Waals surface area contributed by atoms with E-state index >= 15 is 0 Å². The molecule has 1 aliphatic rings. The molecule has 0 amide bonds. The van der Waals surface area contributed by atoms with Crippen LogP contribution in [-0.2, 0) is 5.60 Å². The van der Waals surface area contributed by atoms with Crippen molar-refractivity contribution in [2.24, 2.45) is 5.41 Å². The lowest BCUT2D eigenvalue weighted by Gasteiger charge is -2.34. The van der Waals surface area contributed by atoms with Gasteiger partial charge >= 0.3 is 0 Å². The zero-order valence-electron chi connectivity index (χ0n) is 8.38.